The van der Waals surface area contributed by atoms with Crippen molar-refractivity contribution in [2.24, 2.45) is 0 Å². The predicted octanol–water partition coefficient (Wildman–Crippen LogP) is 3.85. The SMILES string of the molecule is Cc1ncnc2[nH]cc(C(=O)c3c(F)ccc(NS(=O)(=O)C4CCCCC4)c3F)c12. The van der Waals surface area contributed by atoms with E-state index in [1.165, 1.54) is 12.5 Å². The molecule has 3 aromatic rings. The summed E-state index contributed by atoms with van der Waals surface area (Å²) >= 11 is 0. The Hall–Kier alpha value is -2.88. The zero-order chi connectivity index (χ0) is 21.5. The van der Waals surface area contributed by atoms with E-state index in [0.717, 1.165) is 31.4 Å². The van der Waals surface area contributed by atoms with E-state index in [-0.39, 0.29) is 5.56 Å². The van der Waals surface area contributed by atoms with Crippen LogP contribution >= 0.6 is 0 Å². The maximum Gasteiger partial charge on any atom is 0.235 e. The van der Waals surface area contributed by atoms with Crippen LogP contribution in [0.3, 0.4) is 0 Å². The van der Waals surface area contributed by atoms with Crippen molar-refractivity contribution in [2.75, 3.05) is 4.72 Å². The van der Waals surface area contributed by atoms with Crippen molar-refractivity contribution in [3.63, 3.8) is 0 Å². The minimum Gasteiger partial charge on any atom is -0.345 e. The summed E-state index contributed by atoms with van der Waals surface area (Å²) in [7, 11) is -3.86. The van der Waals surface area contributed by atoms with Gasteiger partial charge in [0.1, 0.15) is 17.8 Å². The van der Waals surface area contributed by atoms with Crippen molar-refractivity contribution >= 4 is 32.5 Å². The summed E-state index contributed by atoms with van der Waals surface area (Å²) in [4.78, 5) is 23.8. The second kappa shape index (κ2) is 7.75. The molecule has 1 aromatic carbocycles. The molecular weight excluding hydrogens is 414 g/mol. The Morgan fingerprint density at radius 1 is 1.17 bits per heavy atom. The van der Waals surface area contributed by atoms with E-state index in [9.17, 15) is 17.6 Å². The second-order valence-corrected chi connectivity index (χ2v) is 9.37. The summed E-state index contributed by atoms with van der Waals surface area (Å²) in [5.74, 6) is -3.25. The predicted molar refractivity (Wildman–Crippen MR) is 108 cm³/mol. The highest BCUT2D eigenvalue weighted by atomic mass is 32.2. The third kappa shape index (κ3) is 3.55. The number of aromatic amines is 1. The number of rotatable bonds is 5. The van der Waals surface area contributed by atoms with Gasteiger partial charge in [0, 0.05) is 6.20 Å². The molecule has 0 radical (unpaired) electrons. The van der Waals surface area contributed by atoms with E-state index < -0.39 is 43.9 Å². The molecule has 0 saturated heterocycles. The Labute approximate surface area is 172 Å². The number of aromatic nitrogens is 3. The Bertz CT molecular complexity index is 1230. The summed E-state index contributed by atoms with van der Waals surface area (Å²) < 4.78 is 57.1. The molecule has 1 saturated carbocycles. The standard InChI is InChI=1S/C20H20F2N4O3S/c1-11-16-13(9-23-20(16)25-10-24-11)19(27)17-14(21)7-8-15(18(17)22)26-30(28,29)12-5-3-2-4-6-12/h7-10,12,26H,2-6H2,1H3,(H,23,24,25). The number of anilines is 1. The number of nitrogens with zero attached hydrogens (tertiary/aromatic N) is 2. The minimum atomic E-state index is -3.86. The number of halogens is 2. The maximum absolute atomic E-state index is 15.1. The molecule has 0 amide bonds. The molecule has 2 aromatic heterocycles. The van der Waals surface area contributed by atoms with Crippen molar-refractivity contribution in [2.45, 2.75) is 44.3 Å². The van der Waals surface area contributed by atoms with Crippen molar-refractivity contribution < 1.29 is 22.0 Å². The molecule has 0 aliphatic heterocycles. The van der Waals surface area contributed by atoms with Crippen molar-refractivity contribution in [3.05, 3.63) is 53.1 Å². The van der Waals surface area contributed by atoms with E-state index in [1.807, 2.05) is 0 Å². The fraction of sp³-hybridized carbons (Fsp3) is 0.350. The lowest BCUT2D eigenvalue weighted by atomic mass is 10.0. The molecular formula is C20H20F2N4O3S. The van der Waals surface area contributed by atoms with Crippen LogP contribution in [0.25, 0.3) is 11.0 Å². The Kier molecular flexibility index (Phi) is 5.27. The van der Waals surface area contributed by atoms with Crippen LogP contribution in [0.5, 0.6) is 0 Å². The number of carbonyl (C=O) groups is 1. The van der Waals surface area contributed by atoms with Gasteiger partial charge in [-0.05, 0) is 31.9 Å². The third-order valence-corrected chi connectivity index (χ3v) is 7.32. The van der Waals surface area contributed by atoms with Gasteiger partial charge in [-0.3, -0.25) is 9.52 Å². The number of benzene rings is 1. The Morgan fingerprint density at radius 3 is 2.63 bits per heavy atom. The number of hydrogen-bond donors (Lipinski definition) is 2. The molecule has 0 bridgehead atoms. The van der Waals surface area contributed by atoms with Gasteiger partial charge in [0.15, 0.2) is 5.82 Å². The molecule has 4 rings (SSSR count). The van der Waals surface area contributed by atoms with Crippen LogP contribution in [0.2, 0.25) is 0 Å². The first-order chi connectivity index (χ1) is 14.3. The van der Waals surface area contributed by atoms with Crippen molar-refractivity contribution in [1.82, 2.24) is 15.0 Å². The lowest BCUT2D eigenvalue weighted by molar-refractivity contribution is 0.103. The number of hydrogen-bond acceptors (Lipinski definition) is 5. The first-order valence-corrected chi connectivity index (χ1v) is 11.2. The van der Waals surface area contributed by atoms with Crippen molar-refractivity contribution in [1.29, 1.82) is 0 Å². The lowest BCUT2D eigenvalue weighted by Gasteiger charge is -2.22. The maximum atomic E-state index is 15.1. The summed E-state index contributed by atoms with van der Waals surface area (Å²) in [6.45, 7) is 1.65. The lowest BCUT2D eigenvalue weighted by Crippen LogP contribution is -2.30. The quantitative estimate of drug-likeness (QED) is 0.594. The highest BCUT2D eigenvalue weighted by Gasteiger charge is 2.30. The topological polar surface area (TPSA) is 105 Å². The van der Waals surface area contributed by atoms with E-state index in [2.05, 4.69) is 19.7 Å². The molecule has 7 nitrogen and oxygen atoms in total. The molecule has 1 aliphatic rings. The van der Waals surface area contributed by atoms with Gasteiger partial charge in [-0.25, -0.2) is 27.2 Å². The van der Waals surface area contributed by atoms with Gasteiger partial charge >= 0.3 is 0 Å². The number of carbonyl (C=O) groups excluding carboxylic acids is 1. The zero-order valence-corrected chi connectivity index (χ0v) is 17.0. The van der Waals surface area contributed by atoms with Gasteiger partial charge in [-0.15, -0.1) is 0 Å². The number of ketones is 1. The summed E-state index contributed by atoms with van der Waals surface area (Å²) in [6, 6.07) is 1.87. The number of nitrogens with one attached hydrogen (secondary N) is 2. The average molecular weight is 434 g/mol. The molecule has 0 atom stereocenters. The van der Waals surface area contributed by atoms with Gasteiger partial charge in [-0.2, -0.15) is 0 Å². The molecule has 1 aliphatic carbocycles. The smallest absolute Gasteiger partial charge is 0.235 e. The number of fused-ring (bicyclic) bond motifs is 1. The highest BCUT2D eigenvalue weighted by Crippen LogP contribution is 2.30. The molecule has 2 heterocycles. The van der Waals surface area contributed by atoms with Crippen LogP contribution in [0, 0.1) is 18.6 Å². The average Bonchev–Trinajstić information content (AvgIpc) is 3.16. The summed E-state index contributed by atoms with van der Waals surface area (Å²) in [6.07, 6.45) is 6.11. The van der Waals surface area contributed by atoms with Crippen LogP contribution < -0.4 is 4.72 Å². The Balaban J connectivity index is 1.73. The fourth-order valence-electron chi connectivity index (χ4n) is 3.88. The summed E-state index contributed by atoms with van der Waals surface area (Å²) in [5, 5.41) is -0.280. The van der Waals surface area contributed by atoms with Gasteiger partial charge < -0.3 is 4.98 Å². The van der Waals surface area contributed by atoms with Crippen LogP contribution in [-0.4, -0.2) is 34.4 Å². The van der Waals surface area contributed by atoms with Crippen LogP contribution in [-0.2, 0) is 10.0 Å². The first kappa shape index (κ1) is 20.4. The van der Waals surface area contributed by atoms with E-state index in [1.54, 1.807) is 6.92 Å². The largest absolute Gasteiger partial charge is 0.345 e. The second-order valence-electron chi connectivity index (χ2n) is 7.41. The molecule has 158 valence electrons. The van der Waals surface area contributed by atoms with Gasteiger partial charge in [-0.1, -0.05) is 19.3 Å². The normalized spacial score (nSPS) is 15.4. The monoisotopic (exact) mass is 434 g/mol. The molecule has 30 heavy (non-hydrogen) atoms. The molecule has 0 spiro atoms. The van der Waals surface area contributed by atoms with E-state index in [4.69, 9.17) is 0 Å². The first-order valence-electron chi connectivity index (χ1n) is 9.62. The molecule has 10 heteroatoms. The molecule has 2 N–H and O–H groups in total. The number of aryl methyl sites for hydroxylation is 1. The molecule has 0 unspecified atom stereocenters. The Morgan fingerprint density at radius 2 is 1.90 bits per heavy atom. The molecule has 1 fully saturated rings. The number of H-pyrrole nitrogens is 1. The van der Waals surface area contributed by atoms with E-state index >= 15 is 4.39 Å². The highest BCUT2D eigenvalue weighted by molar-refractivity contribution is 7.93. The van der Waals surface area contributed by atoms with E-state index in [0.29, 0.717) is 29.6 Å². The zero-order valence-electron chi connectivity index (χ0n) is 16.2. The number of sulfonamides is 1. The van der Waals surface area contributed by atoms with Crippen molar-refractivity contribution in [3.8, 4) is 0 Å². The van der Waals surface area contributed by atoms with Gasteiger partial charge in [0.2, 0.25) is 15.8 Å². The summed E-state index contributed by atoms with van der Waals surface area (Å²) in [5.41, 5.74) is -0.435. The third-order valence-electron chi connectivity index (χ3n) is 5.47. The van der Waals surface area contributed by atoms with Crippen LogP contribution in [0.4, 0.5) is 14.5 Å². The van der Waals surface area contributed by atoms with Gasteiger partial charge in [0.25, 0.3) is 0 Å². The van der Waals surface area contributed by atoms with Crippen LogP contribution in [0.1, 0.15) is 53.7 Å². The van der Waals surface area contributed by atoms with Crippen LogP contribution in [0.15, 0.2) is 24.7 Å². The fourth-order valence-corrected chi connectivity index (χ4v) is 5.47. The van der Waals surface area contributed by atoms with Gasteiger partial charge in [0.05, 0.1) is 33.1 Å². The minimum absolute atomic E-state index is 0.00758.